The Bertz CT molecular complexity index is 479. The smallest absolute Gasteiger partial charge is 0.407 e. The lowest BCUT2D eigenvalue weighted by Gasteiger charge is -2.10. The summed E-state index contributed by atoms with van der Waals surface area (Å²) in [6.07, 6.45) is 2.60. The van der Waals surface area contributed by atoms with Gasteiger partial charge < -0.3 is 20.5 Å². The first-order valence-electron chi connectivity index (χ1n) is 8.51. The summed E-state index contributed by atoms with van der Waals surface area (Å²) in [5.74, 6) is -0.0712. The van der Waals surface area contributed by atoms with E-state index in [2.05, 4.69) is 10.6 Å². The number of alkyl carbamates (subject to hydrolysis) is 1. The number of carbonyl (C=O) groups is 2. The summed E-state index contributed by atoms with van der Waals surface area (Å²) in [6.45, 7) is 2.92. The van der Waals surface area contributed by atoms with Crippen LogP contribution in [0.15, 0.2) is 30.3 Å². The van der Waals surface area contributed by atoms with Crippen LogP contribution in [0.2, 0.25) is 0 Å². The van der Waals surface area contributed by atoms with Crippen molar-refractivity contribution in [3.63, 3.8) is 0 Å². The minimum atomic E-state index is -0.504. The number of amides is 2. The molecule has 6 nitrogen and oxygen atoms in total. The van der Waals surface area contributed by atoms with Gasteiger partial charge in [0.25, 0.3) is 0 Å². The minimum absolute atomic E-state index is 0.0712. The number of hydrogen-bond donors (Lipinski definition) is 3. The van der Waals surface area contributed by atoms with Crippen molar-refractivity contribution in [3.05, 3.63) is 35.9 Å². The van der Waals surface area contributed by atoms with E-state index in [1.54, 1.807) is 0 Å². The molecule has 0 saturated carbocycles. The molecule has 0 bridgehead atoms. The predicted octanol–water partition coefficient (Wildman–Crippen LogP) is 2.36. The first-order valence-corrected chi connectivity index (χ1v) is 8.51. The number of nitrogens with one attached hydrogen (secondary N) is 2. The summed E-state index contributed by atoms with van der Waals surface area (Å²) < 4.78 is 5.06. The summed E-state index contributed by atoms with van der Waals surface area (Å²) in [5.41, 5.74) is 0.922. The van der Waals surface area contributed by atoms with Gasteiger partial charge in [-0.3, -0.25) is 4.79 Å². The van der Waals surface area contributed by atoms with Crippen LogP contribution in [0, 0.1) is 0 Å². The molecule has 2 amide bonds. The first-order chi connectivity index (χ1) is 11.6. The summed E-state index contributed by atoms with van der Waals surface area (Å²) >= 11 is 0. The zero-order valence-corrected chi connectivity index (χ0v) is 14.3. The van der Waals surface area contributed by atoms with Crippen LogP contribution in [0.25, 0.3) is 0 Å². The van der Waals surface area contributed by atoms with E-state index in [4.69, 9.17) is 4.74 Å². The molecular weight excluding hydrogens is 308 g/mol. The highest BCUT2D eigenvalue weighted by molar-refractivity contribution is 5.75. The quantitative estimate of drug-likeness (QED) is 0.541. The van der Waals surface area contributed by atoms with E-state index < -0.39 is 6.09 Å². The molecule has 1 aromatic rings. The van der Waals surface area contributed by atoms with E-state index in [0.29, 0.717) is 32.4 Å². The number of ether oxygens (including phenoxy) is 1. The Morgan fingerprint density at radius 2 is 1.83 bits per heavy atom. The molecule has 0 aromatic heterocycles. The highest BCUT2D eigenvalue weighted by Gasteiger charge is 2.06. The number of aliphatic hydroxyl groups excluding tert-OH is 1. The Kier molecular flexibility index (Phi) is 10.3. The number of benzene rings is 1. The van der Waals surface area contributed by atoms with E-state index in [1.807, 2.05) is 37.3 Å². The molecule has 1 aromatic carbocycles. The van der Waals surface area contributed by atoms with Crippen LogP contribution in [0.1, 0.15) is 44.6 Å². The number of hydrogen-bond acceptors (Lipinski definition) is 4. The fourth-order valence-electron chi connectivity index (χ4n) is 2.20. The van der Waals surface area contributed by atoms with Gasteiger partial charge >= 0.3 is 6.09 Å². The van der Waals surface area contributed by atoms with Crippen molar-refractivity contribution in [3.8, 4) is 0 Å². The van der Waals surface area contributed by atoms with Gasteiger partial charge in [-0.05, 0) is 24.8 Å². The summed E-state index contributed by atoms with van der Waals surface area (Å²) in [7, 11) is 0. The van der Waals surface area contributed by atoms with Crippen LogP contribution >= 0.6 is 0 Å². The molecular formula is C18H28N2O4. The normalized spacial score (nSPS) is 11.6. The maximum atomic E-state index is 11.6. The topological polar surface area (TPSA) is 87.7 Å². The van der Waals surface area contributed by atoms with Gasteiger partial charge in [0.2, 0.25) is 5.91 Å². The Morgan fingerprint density at radius 3 is 2.54 bits per heavy atom. The Hall–Kier alpha value is -2.08. The van der Waals surface area contributed by atoms with Crippen molar-refractivity contribution in [1.82, 2.24) is 10.6 Å². The molecule has 0 aliphatic rings. The maximum absolute atomic E-state index is 11.6. The zero-order valence-electron chi connectivity index (χ0n) is 14.3. The molecule has 0 spiro atoms. The fraction of sp³-hybridized carbons (Fsp3) is 0.556. The van der Waals surface area contributed by atoms with Crippen molar-refractivity contribution < 1.29 is 19.4 Å². The third-order valence-electron chi connectivity index (χ3n) is 3.49. The van der Waals surface area contributed by atoms with Gasteiger partial charge in [-0.1, -0.05) is 43.7 Å². The monoisotopic (exact) mass is 336 g/mol. The second kappa shape index (κ2) is 12.4. The summed E-state index contributed by atoms with van der Waals surface area (Å²) in [5, 5.41) is 14.9. The van der Waals surface area contributed by atoms with Crippen LogP contribution in [0.3, 0.4) is 0 Å². The van der Waals surface area contributed by atoms with Crippen molar-refractivity contribution in [2.75, 3.05) is 13.1 Å². The van der Waals surface area contributed by atoms with Gasteiger partial charge in [0.1, 0.15) is 6.61 Å². The first kappa shape index (κ1) is 20.0. The molecule has 6 heteroatoms. The third kappa shape index (κ3) is 9.84. The van der Waals surface area contributed by atoms with E-state index in [0.717, 1.165) is 18.4 Å². The summed E-state index contributed by atoms with van der Waals surface area (Å²) in [6, 6.07) is 9.42. The van der Waals surface area contributed by atoms with E-state index in [-0.39, 0.29) is 18.6 Å². The lowest BCUT2D eigenvalue weighted by atomic mass is 10.1. The van der Waals surface area contributed by atoms with E-state index in [1.165, 1.54) is 0 Å². The van der Waals surface area contributed by atoms with Gasteiger partial charge in [0, 0.05) is 19.5 Å². The van der Waals surface area contributed by atoms with Crippen LogP contribution < -0.4 is 10.6 Å². The number of rotatable bonds is 11. The molecule has 1 rings (SSSR count). The Balaban J connectivity index is 2.00. The van der Waals surface area contributed by atoms with Crippen LogP contribution in [-0.4, -0.2) is 36.3 Å². The second-order valence-corrected chi connectivity index (χ2v) is 5.67. The van der Waals surface area contributed by atoms with Gasteiger partial charge in [0.05, 0.1) is 6.10 Å². The highest BCUT2D eigenvalue weighted by Crippen LogP contribution is 2.06. The SMILES string of the molecule is CCC[C@@H](O)CCCC(=O)NCCNC(=O)OCc1ccccc1. The average Bonchev–Trinajstić information content (AvgIpc) is 2.58. The van der Waals surface area contributed by atoms with E-state index in [9.17, 15) is 14.7 Å². The lowest BCUT2D eigenvalue weighted by Crippen LogP contribution is -2.34. The van der Waals surface area contributed by atoms with Gasteiger partial charge in [-0.2, -0.15) is 0 Å². The molecule has 0 heterocycles. The summed E-state index contributed by atoms with van der Waals surface area (Å²) in [4.78, 5) is 23.1. The van der Waals surface area contributed by atoms with Crippen molar-refractivity contribution in [2.24, 2.45) is 0 Å². The average molecular weight is 336 g/mol. The number of carbonyl (C=O) groups excluding carboxylic acids is 2. The number of aliphatic hydroxyl groups is 1. The molecule has 0 saturated heterocycles. The highest BCUT2D eigenvalue weighted by atomic mass is 16.5. The van der Waals surface area contributed by atoms with Crippen LogP contribution in [-0.2, 0) is 16.1 Å². The van der Waals surface area contributed by atoms with Crippen LogP contribution in [0.4, 0.5) is 4.79 Å². The minimum Gasteiger partial charge on any atom is -0.445 e. The fourth-order valence-corrected chi connectivity index (χ4v) is 2.20. The zero-order chi connectivity index (χ0) is 17.6. The van der Waals surface area contributed by atoms with Gasteiger partial charge in [-0.15, -0.1) is 0 Å². The Morgan fingerprint density at radius 1 is 1.12 bits per heavy atom. The molecule has 1 atom stereocenters. The largest absolute Gasteiger partial charge is 0.445 e. The van der Waals surface area contributed by atoms with Crippen LogP contribution in [0.5, 0.6) is 0 Å². The molecule has 0 radical (unpaired) electrons. The van der Waals surface area contributed by atoms with E-state index >= 15 is 0 Å². The molecule has 0 aliphatic heterocycles. The third-order valence-corrected chi connectivity index (χ3v) is 3.49. The molecule has 134 valence electrons. The predicted molar refractivity (Wildman–Crippen MR) is 92.4 cm³/mol. The van der Waals surface area contributed by atoms with Gasteiger partial charge in [-0.25, -0.2) is 4.79 Å². The standard InChI is InChI=1S/C18H28N2O4/c1-2-7-16(21)10-6-11-17(22)19-12-13-20-18(23)24-14-15-8-4-3-5-9-15/h3-5,8-9,16,21H,2,6-7,10-14H2,1H3,(H,19,22)(H,20,23)/t16-/m1/s1. The molecule has 0 fully saturated rings. The van der Waals surface area contributed by atoms with Crippen molar-refractivity contribution in [2.45, 2.75) is 51.7 Å². The lowest BCUT2D eigenvalue weighted by molar-refractivity contribution is -0.121. The molecule has 24 heavy (non-hydrogen) atoms. The second-order valence-electron chi connectivity index (χ2n) is 5.67. The maximum Gasteiger partial charge on any atom is 0.407 e. The molecule has 0 aliphatic carbocycles. The molecule has 0 unspecified atom stereocenters. The molecule has 3 N–H and O–H groups in total. The van der Waals surface area contributed by atoms with Crippen molar-refractivity contribution >= 4 is 12.0 Å². The van der Waals surface area contributed by atoms with Crippen molar-refractivity contribution in [1.29, 1.82) is 0 Å². The Labute approximate surface area is 143 Å². The van der Waals surface area contributed by atoms with Gasteiger partial charge in [0.15, 0.2) is 0 Å².